The van der Waals surface area contributed by atoms with Crippen LogP contribution in [0.25, 0.3) is 0 Å². The van der Waals surface area contributed by atoms with Crippen LogP contribution in [0.1, 0.15) is 80.9 Å². The van der Waals surface area contributed by atoms with Crippen LogP contribution in [0.2, 0.25) is 0 Å². The van der Waals surface area contributed by atoms with Crippen molar-refractivity contribution in [3.63, 3.8) is 0 Å². The SMILES string of the molecule is COC(=O)c1nc2n(c(=O)c1C)C(C)CCCC2N(C)C(=O)OC(C)(C)C. The van der Waals surface area contributed by atoms with Gasteiger partial charge in [-0.25, -0.2) is 14.6 Å². The molecule has 1 aliphatic rings. The van der Waals surface area contributed by atoms with E-state index < -0.39 is 23.7 Å². The Bertz CT molecular complexity index is 794. The highest BCUT2D eigenvalue weighted by Crippen LogP contribution is 2.32. The Morgan fingerprint density at radius 2 is 1.89 bits per heavy atom. The van der Waals surface area contributed by atoms with Crippen molar-refractivity contribution in [1.82, 2.24) is 14.5 Å². The van der Waals surface area contributed by atoms with Crippen molar-refractivity contribution in [3.8, 4) is 0 Å². The first kappa shape index (κ1) is 20.9. The molecule has 0 N–H and O–H groups in total. The number of methoxy groups -OCH3 is 1. The second-order valence-electron chi connectivity index (χ2n) is 8.00. The summed E-state index contributed by atoms with van der Waals surface area (Å²) in [6.07, 6.45) is 1.72. The number of esters is 1. The van der Waals surface area contributed by atoms with Crippen LogP contribution in [-0.2, 0) is 9.47 Å². The van der Waals surface area contributed by atoms with Crippen LogP contribution in [0.4, 0.5) is 4.79 Å². The number of amides is 1. The van der Waals surface area contributed by atoms with Crippen molar-refractivity contribution in [2.75, 3.05) is 14.2 Å². The molecule has 0 radical (unpaired) electrons. The standard InChI is InChI=1S/C19H29N3O5/c1-11-9-8-10-13(21(6)18(25)27-19(3,4)5)15-20-14(17(24)26-7)12(2)16(23)22(11)15/h11,13H,8-10H2,1-7H3. The number of fused-ring (bicyclic) bond motifs is 1. The molecule has 2 heterocycles. The lowest BCUT2D eigenvalue weighted by Crippen LogP contribution is -2.40. The molecule has 8 heteroatoms. The average molecular weight is 379 g/mol. The zero-order chi connectivity index (χ0) is 20.5. The van der Waals surface area contributed by atoms with Crippen molar-refractivity contribution < 1.29 is 19.1 Å². The normalized spacial score (nSPS) is 19.7. The fourth-order valence-corrected chi connectivity index (χ4v) is 3.29. The smallest absolute Gasteiger partial charge is 0.410 e. The third-order valence-electron chi connectivity index (χ3n) is 4.73. The van der Waals surface area contributed by atoms with E-state index in [1.807, 2.05) is 6.92 Å². The van der Waals surface area contributed by atoms with Gasteiger partial charge in [0.2, 0.25) is 0 Å². The van der Waals surface area contributed by atoms with Gasteiger partial charge in [-0.1, -0.05) is 0 Å². The summed E-state index contributed by atoms with van der Waals surface area (Å²) in [4.78, 5) is 43.6. The predicted octanol–water partition coefficient (Wildman–Crippen LogP) is 2.99. The van der Waals surface area contributed by atoms with Gasteiger partial charge in [-0.2, -0.15) is 0 Å². The summed E-state index contributed by atoms with van der Waals surface area (Å²) in [5.41, 5.74) is -0.679. The second-order valence-corrected chi connectivity index (χ2v) is 8.00. The molecular weight excluding hydrogens is 350 g/mol. The number of nitrogens with zero attached hydrogens (tertiary/aromatic N) is 3. The van der Waals surface area contributed by atoms with Crippen LogP contribution >= 0.6 is 0 Å². The first-order valence-corrected chi connectivity index (χ1v) is 9.15. The number of carbonyl (C=O) groups excluding carboxylic acids is 2. The third-order valence-corrected chi connectivity index (χ3v) is 4.73. The van der Waals surface area contributed by atoms with Gasteiger partial charge >= 0.3 is 12.1 Å². The molecule has 8 nitrogen and oxygen atoms in total. The molecule has 2 atom stereocenters. The van der Waals surface area contributed by atoms with Crippen molar-refractivity contribution >= 4 is 12.1 Å². The summed E-state index contributed by atoms with van der Waals surface area (Å²) in [6.45, 7) is 8.90. The molecule has 0 aromatic carbocycles. The Morgan fingerprint density at radius 1 is 1.26 bits per heavy atom. The molecule has 150 valence electrons. The molecule has 1 aliphatic heterocycles. The number of aromatic nitrogens is 2. The van der Waals surface area contributed by atoms with Gasteiger partial charge in [0.05, 0.1) is 13.2 Å². The van der Waals surface area contributed by atoms with E-state index in [1.54, 1.807) is 39.3 Å². The first-order valence-electron chi connectivity index (χ1n) is 9.15. The first-order chi connectivity index (χ1) is 12.5. The van der Waals surface area contributed by atoms with Crippen LogP contribution in [0.15, 0.2) is 4.79 Å². The highest BCUT2D eigenvalue weighted by Gasteiger charge is 2.34. The molecule has 0 fully saturated rings. The molecule has 0 spiro atoms. The van der Waals surface area contributed by atoms with Gasteiger partial charge in [-0.3, -0.25) is 9.36 Å². The maximum Gasteiger partial charge on any atom is 0.410 e. The molecule has 1 aromatic rings. The van der Waals surface area contributed by atoms with Crippen molar-refractivity contribution in [1.29, 1.82) is 0 Å². The van der Waals surface area contributed by atoms with Gasteiger partial charge < -0.3 is 14.4 Å². The Balaban J connectivity index is 2.59. The molecule has 0 saturated heterocycles. The van der Waals surface area contributed by atoms with Crippen LogP contribution in [0, 0.1) is 6.92 Å². The van der Waals surface area contributed by atoms with Crippen molar-refractivity contribution in [2.45, 2.75) is 71.6 Å². The molecular formula is C19H29N3O5. The summed E-state index contributed by atoms with van der Waals surface area (Å²) in [5.74, 6) is -0.270. The van der Waals surface area contributed by atoms with Gasteiger partial charge in [-0.05, 0) is 53.9 Å². The molecule has 0 bridgehead atoms. The topological polar surface area (TPSA) is 90.7 Å². The minimum Gasteiger partial charge on any atom is -0.464 e. The summed E-state index contributed by atoms with van der Waals surface area (Å²) < 4.78 is 11.8. The van der Waals surface area contributed by atoms with Gasteiger partial charge in [0.25, 0.3) is 5.56 Å². The van der Waals surface area contributed by atoms with E-state index in [0.29, 0.717) is 12.2 Å². The quantitative estimate of drug-likeness (QED) is 0.734. The Labute approximate surface area is 159 Å². The minimum atomic E-state index is -0.663. The van der Waals surface area contributed by atoms with Gasteiger partial charge in [-0.15, -0.1) is 0 Å². The molecule has 0 saturated carbocycles. The number of ether oxygens (including phenoxy) is 2. The largest absolute Gasteiger partial charge is 0.464 e. The Morgan fingerprint density at radius 3 is 2.44 bits per heavy atom. The van der Waals surface area contributed by atoms with Crippen molar-refractivity contribution in [3.05, 3.63) is 27.4 Å². The maximum absolute atomic E-state index is 13.0. The number of hydrogen-bond acceptors (Lipinski definition) is 6. The molecule has 1 amide bonds. The highest BCUT2D eigenvalue weighted by molar-refractivity contribution is 5.88. The van der Waals surface area contributed by atoms with Crippen LogP contribution in [0.5, 0.6) is 0 Å². The number of rotatable bonds is 2. The molecule has 2 unspecified atom stereocenters. The Kier molecular flexibility index (Phi) is 5.97. The average Bonchev–Trinajstić information content (AvgIpc) is 2.74. The molecule has 1 aromatic heterocycles. The molecule has 2 rings (SSSR count). The summed E-state index contributed by atoms with van der Waals surface area (Å²) >= 11 is 0. The van der Waals surface area contributed by atoms with E-state index in [0.717, 1.165) is 12.8 Å². The highest BCUT2D eigenvalue weighted by atomic mass is 16.6. The lowest BCUT2D eigenvalue weighted by Gasteiger charge is -2.31. The number of carbonyl (C=O) groups is 2. The molecule has 0 aliphatic carbocycles. The lowest BCUT2D eigenvalue weighted by molar-refractivity contribution is 0.0202. The fourth-order valence-electron chi connectivity index (χ4n) is 3.29. The van der Waals surface area contributed by atoms with Crippen LogP contribution < -0.4 is 5.56 Å². The van der Waals surface area contributed by atoms with Crippen molar-refractivity contribution in [2.24, 2.45) is 0 Å². The zero-order valence-electron chi connectivity index (χ0n) is 17.2. The summed E-state index contributed by atoms with van der Waals surface area (Å²) in [7, 11) is 2.88. The minimum absolute atomic E-state index is 0.00885. The van der Waals surface area contributed by atoms with Gasteiger partial charge in [0, 0.05) is 18.7 Å². The molecule has 27 heavy (non-hydrogen) atoms. The zero-order valence-corrected chi connectivity index (χ0v) is 17.2. The monoisotopic (exact) mass is 379 g/mol. The van der Waals surface area contributed by atoms with E-state index >= 15 is 0 Å². The predicted molar refractivity (Wildman–Crippen MR) is 99.9 cm³/mol. The van der Waals surface area contributed by atoms with E-state index in [2.05, 4.69) is 4.98 Å². The lowest BCUT2D eigenvalue weighted by atomic mass is 10.1. The second kappa shape index (κ2) is 7.70. The number of hydrogen-bond donors (Lipinski definition) is 0. The maximum atomic E-state index is 13.0. The summed E-state index contributed by atoms with van der Waals surface area (Å²) in [5, 5.41) is 0. The van der Waals surface area contributed by atoms with Crippen LogP contribution in [-0.4, -0.2) is 46.3 Å². The Hall–Kier alpha value is -2.38. The van der Waals surface area contributed by atoms with E-state index in [9.17, 15) is 14.4 Å². The third kappa shape index (κ3) is 4.31. The van der Waals surface area contributed by atoms with Gasteiger partial charge in [0.1, 0.15) is 11.4 Å². The fraction of sp³-hybridized carbons (Fsp3) is 0.684. The van der Waals surface area contributed by atoms with E-state index in [1.165, 1.54) is 12.0 Å². The van der Waals surface area contributed by atoms with E-state index in [-0.39, 0.29) is 22.9 Å². The van der Waals surface area contributed by atoms with Gasteiger partial charge in [0.15, 0.2) is 5.69 Å². The van der Waals surface area contributed by atoms with E-state index in [4.69, 9.17) is 9.47 Å². The van der Waals surface area contributed by atoms with Crippen LogP contribution in [0.3, 0.4) is 0 Å². The summed E-state index contributed by atoms with van der Waals surface area (Å²) in [6, 6.07) is -0.552.